The zero-order chi connectivity index (χ0) is 11.5. The van der Waals surface area contributed by atoms with E-state index in [4.69, 9.17) is 0 Å². The molecule has 6 heteroatoms. The molecule has 84 valence electrons. The molecule has 0 atom stereocenters. The van der Waals surface area contributed by atoms with Gasteiger partial charge in [0.2, 0.25) is 0 Å². The van der Waals surface area contributed by atoms with Crippen molar-refractivity contribution in [2.45, 2.75) is 6.54 Å². The van der Waals surface area contributed by atoms with Crippen LogP contribution >= 0.6 is 0 Å². The van der Waals surface area contributed by atoms with Gasteiger partial charge in [-0.25, -0.2) is 13.5 Å². The van der Waals surface area contributed by atoms with E-state index in [1.807, 2.05) is 0 Å². The fourth-order valence-corrected chi connectivity index (χ4v) is 1.36. The number of benzene rings is 1. The van der Waals surface area contributed by atoms with Gasteiger partial charge in [-0.3, -0.25) is 0 Å². The van der Waals surface area contributed by atoms with E-state index < -0.39 is 11.6 Å². The van der Waals surface area contributed by atoms with Crippen LogP contribution in [0.2, 0.25) is 0 Å². The van der Waals surface area contributed by atoms with Crippen LogP contribution in [0.25, 0.3) is 5.69 Å². The molecular weight excluding hydrogens is 214 g/mol. The van der Waals surface area contributed by atoms with Gasteiger partial charge < -0.3 is 5.32 Å². The van der Waals surface area contributed by atoms with E-state index in [1.165, 1.54) is 16.8 Å². The molecule has 0 fully saturated rings. The summed E-state index contributed by atoms with van der Waals surface area (Å²) in [5.74, 6) is -1.28. The molecular formula is C10H10F2N4. The number of aromatic nitrogens is 3. The molecule has 0 spiro atoms. The van der Waals surface area contributed by atoms with Crippen LogP contribution in [-0.4, -0.2) is 22.0 Å². The van der Waals surface area contributed by atoms with Crippen molar-refractivity contribution in [2.24, 2.45) is 0 Å². The Morgan fingerprint density at radius 1 is 1.25 bits per heavy atom. The summed E-state index contributed by atoms with van der Waals surface area (Å²) in [6, 6.07) is 3.21. The molecule has 0 aliphatic rings. The van der Waals surface area contributed by atoms with Crippen molar-refractivity contribution in [1.29, 1.82) is 0 Å². The van der Waals surface area contributed by atoms with Gasteiger partial charge in [0.15, 0.2) is 0 Å². The highest BCUT2D eigenvalue weighted by Gasteiger charge is 2.05. The van der Waals surface area contributed by atoms with Gasteiger partial charge in [-0.15, -0.1) is 5.10 Å². The van der Waals surface area contributed by atoms with E-state index in [2.05, 4.69) is 15.6 Å². The molecule has 2 aromatic rings. The van der Waals surface area contributed by atoms with E-state index >= 15 is 0 Å². The average molecular weight is 224 g/mol. The summed E-state index contributed by atoms with van der Waals surface area (Å²) < 4.78 is 27.2. The molecule has 0 aliphatic carbocycles. The van der Waals surface area contributed by atoms with Crippen LogP contribution in [0.5, 0.6) is 0 Å². The van der Waals surface area contributed by atoms with Crippen LogP contribution in [0.1, 0.15) is 5.69 Å². The number of rotatable bonds is 3. The summed E-state index contributed by atoms with van der Waals surface area (Å²) in [7, 11) is 1.78. The van der Waals surface area contributed by atoms with Crippen molar-refractivity contribution in [1.82, 2.24) is 20.3 Å². The molecule has 0 amide bonds. The lowest BCUT2D eigenvalue weighted by atomic mass is 10.3. The minimum absolute atomic E-state index is 0.312. The van der Waals surface area contributed by atoms with Crippen LogP contribution in [0, 0.1) is 11.6 Å². The van der Waals surface area contributed by atoms with Gasteiger partial charge in [-0.05, 0) is 19.2 Å². The quantitative estimate of drug-likeness (QED) is 0.853. The molecule has 0 saturated heterocycles. The first kappa shape index (κ1) is 10.7. The molecule has 1 heterocycles. The molecule has 2 rings (SSSR count). The average Bonchev–Trinajstić information content (AvgIpc) is 2.65. The van der Waals surface area contributed by atoms with Crippen LogP contribution in [-0.2, 0) is 6.54 Å². The van der Waals surface area contributed by atoms with Crippen LogP contribution in [0.4, 0.5) is 8.78 Å². The fourth-order valence-electron chi connectivity index (χ4n) is 1.36. The molecule has 1 N–H and O–H groups in total. The lowest BCUT2D eigenvalue weighted by Crippen LogP contribution is -2.05. The van der Waals surface area contributed by atoms with Gasteiger partial charge in [-0.2, -0.15) is 0 Å². The van der Waals surface area contributed by atoms with Crippen LogP contribution in [0.3, 0.4) is 0 Å². The van der Waals surface area contributed by atoms with Crippen LogP contribution < -0.4 is 5.32 Å². The van der Waals surface area contributed by atoms with Crippen molar-refractivity contribution in [3.8, 4) is 5.69 Å². The SMILES string of the molecule is CNCc1cn(-c2cc(F)cc(F)c2)nn1. The number of nitrogens with zero attached hydrogens (tertiary/aromatic N) is 3. The van der Waals surface area contributed by atoms with Crippen LogP contribution in [0.15, 0.2) is 24.4 Å². The maximum Gasteiger partial charge on any atom is 0.128 e. The normalized spacial score (nSPS) is 10.7. The first-order valence-corrected chi connectivity index (χ1v) is 4.71. The van der Waals surface area contributed by atoms with Gasteiger partial charge in [0.25, 0.3) is 0 Å². The maximum atomic E-state index is 13.0. The van der Waals surface area contributed by atoms with Crippen molar-refractivity contribution < 1.29 is 8.78 Å². The molecule has 0 saturated carbocycles. The molecule has 16 heavy (non-hydrogen) atoms. The Kier molecular flexibility index (Phi) is 2.91. The van der Waals surface area contributed by atoms with Crippen molar-refractivity contribution >= 4 is 0 Å². The summed E-state index contributed by atoms with van der Waals surface area (Å²) in [6.45, 7) is 0.553. The first-order chi connectivity index (χ1) is 7.69. The van der Waals surface area contributed by atoms with E-state index in [0.29, 0.717) is 17.9 Å². The zero-order valence-electron chi connectivity index (χ0n) is 8.61. The predicted octanol–water partition coefficient (Wildman–Crippen LogP) is 1.26. The second-order valence-corrected chi connectivity index (χ2v) is 3.31. The minimum atomic E-state index is -0.638. The summed E-state index contributed by atoms with van der Waals surface area (Å²) in [5.41, 5.74) is 1.01. The molecule has 0 radical (unpaired) electrons. The molecule has 4 nitrogen and oxygen atoms in total. The standard InChI is InChI=1S/C10H10F2N4/c1-13-5-9-6-16(15-14-9)10-3-7(11)2-8(12)4-10/h2-4,6,13H,5H2,1H3. The predicted molar refractivity (Wildman–Crippen MR) is 54.0 cm³/mol. The highest BCUT2D eigenvalue weighted by molar-refractivity contribution is 5.31. The third-order valence-electron chi connectivity index (χ3n) is 2.01. The summed E-state index contributed by atoms with van der Waals surface area (Å²) >= 11 is 0. The highest BCUT2D eigenvalue weighted by atomic mass is 19.1. The van der Waals surface area contributed by atoms with Gasteiger partial charge in [0, 0.05) is 12.6 Å². The van der Waals surface area contributed by atoms with Gasteiger partial charge in [-0.1, -0.05) is 5.21 Å². The maximum absolute atomic E-state index is 13.0. The summed E-state index contributed by atoms with van der Waals surface area (Å²) in [6.07, 6.45) is 1.62. The van der Waals surface area contributed by atoms with Gasteiger partial charge >= 0.3 is 0 Å². The van der Waals surface area contributed by atoms with E-state index in [9.17, 15) is 8.78 Å². The largest absolute Gasteiger partial charge is 0.314 e. The number of hydrogen-bond donors (Lipinski definition) is 1. The first-order valence-electron chi connectivity index (χ1n) is 4.71. The number of halogens is 2. The van der Waals surface area contributed by atoms with Crippen molar-refractivity contribution in [3.05, 3.63) is 41.7 Å². The third-order valence-corrected chi connectivity index (χ3v) is 2.01. The number of hydrogen-bond acceptors (Lipinski definition) is 3. The molecule has 0 unspecified atom stereocenters. The number of nitrogens with one attached hydrogen (secondary N) is 1. The van der Waals surface area contributed by atoms with E-state index in [0.717, 1.165) is 6.07 Å². The lowest BCUT2D eigenvalue weighted by molar-refractivity contribution is 0.579. The zero-order valence-corrected chi connectivity index (χ0v) is 8.61. The molecule has 1 aromatic carbocycles. The smallest absolute Gasteiger partial charge is 0.128 e. The van der Waals surface area contributed by atoms with E-state index in [1.54, 1.807) is 13.2 Å². The minimum Gasteiger partial charge on any atom is -0.314 e. The molecule has 0 bridgehead atoms. The summed E-state index contributed by atoms with van der Waals surface area (Å²) in [5, 5.41) is 10.5. The Morgan fingerprint density at radius 3 is 2.56 bits per heavy atom. The fraction of sp³-hybridized carbons (Fsp3) is 0.200. The van der Waals surface area contributed by atoms with Gasteiger partial charge in [0.05, 0.1) is 17.6 Å². The summed E-state index contributed by atoms with van der Waals surface area (Å²) in [4.78, 5) is 0. The van der Waals surface area contributed by atoms with Crippen molar-refractivity contribution in [2.75, 3.05) is 7.05 Å². The lowest BCUT2D eigenvalue weighted by Gasteiger charge is -2.00. The monoisotopic (exact) mass is 224 g/mol. The second kappa shape index (κ2) is 4.36. The topological polar surface area (TPSA) is 42.7 Å². The Balaban J connectivity index is 2.34. The Hall–Kier alpha value is -1.82. The van der Waals surface area contributed by atoms with Crippen molar-refractivity contribution in [3.63, 3.8) is 0 Å². The Bertz CT molecular complexity index is 475. The molecule has 0 aliphatic heterocycles. The highest BCUT2D eigenvalue weighted by Crippen LogP contribution is 2.11. The third kappa shape index (κ3) is 2.22. The Morgan fingerprint density at radius 2 is 1.94 bits per heavy atom. The second-order valence-electron chi connectivity index (χ2n) is 3.31. The molecule has 1 aromatic heterocycles. The van der Waals surface area contributed by atoms with E-state index in [-0.39, 0.29) is 0 Å². The Labute approximate surface area is 90.9 Å². The van der Waals surface area contributed by atoms with Gasteiger partial charge in [0.1, 0.15) is 11.6 Å².